The molecule has 0 spiro atoms. The molecule has 1 saturated carbocycles. The molecule has 2 N–H and O–H groups in total. The number of hydrogen-bond donors (Lipinski definition) is 1. The number of nitrogens with two attached hydrogens (primary N) is 1. The zero-order valence-electron chi connectivity index (χ0n) is 11.3. The number of anilines is 1. The first-order chi connectivity index (χ1) is 10.0. The van der Waals surface area contributed by atoms with Crippen molar-refractivity contribution in [3.8, 4) is 0 Å². The molecule has 1 aliphatic carbocycles. The van der Waals surface area contributed by atoms with Gasteiger partial charge < -0.3 is 5.73 Å². The van der Waals surface area contributed by atoms with Crippen LogP contribution < -0.4 is 10.6 Å². The first kappa shape index (κ1) is 14.7. The number of hydrogen-bond acceptors (Lipinski definition) is 3. The van der Waals surface area contributed by atoms with E-state index in [1.54, 1.807) is 18.2 Å². The van der Waals surface area contributed by atoms with Crippen LogP contribution in [0.3, 0.4) is 0 Å². The molecular weight excluding hydrogens is 352 g/mol. The van der Waals surface area contributed by atoms with Gasteiger partial charge in [-0.1, -0.05) is 41.0 Å². The van der Waals surface area contributed by atoms with E-state index in [1.165, 1.54) is 4.90 Å². The van der Waals surface area contributed by atoms with Crippen LogP contribution in [0.1, 0.15) is 31.2 Å². The molecule has 6 heteroatoms. The van der Waals surface area contributed by atoms with E-state index >= 15 is 0 Å². The minimum Gasteiger partial charge on any atom is -0.389 e. The lowest BCUT2D eigenvalue weighted by Gasteiger charge is -2.19. The molecule has 0 radical (unpaired) electrons. The van der Waals surface area contributed by atoms with Crippen molar-refractivity contribution in [2.24, 2.45) is 17.6 Å². The second kappa shape index (κ2) is 5.50. The Kier molecular flexibility index (Phi) is 3.84. The van der Waals surface area contributed by atoms with Gasteiger partial charge in [0.15, 0.2) is 0 Å². The summed E-state index contributed by atoms with van der Waals surface area (Å²) in [6, 6.07) is 5.27. The van der Waals surface area contributed by atoms with Crippen molar-refractivity contribution >= 4 is 50.6 Å². The van der Waals surface area contributed by atoms with Gasteiger partial charge in [-0.15, -0.1) is 0 Å². The standard InChI is InChI=1S/C15H15BrN2O2S/c16-8-5-6-12(11(7-8)13(17)21)18-14(19)9-3-1-2-4-10(9)15(18)20/h5-7,9-10H,1-4H2,(H2,17,21). The Morgan fingerprint density at radius 1 is 1.19 bits per heavy atom. The smallest absolute Gasteiger partial charge is 0.237 e. The summed E-state index contributed by atoms with van der Waals surface area (Å²) in [5, 5.41) is 0. The van der Waals surface area contributed by atoms with Crippen LogP contribution in [0.2, 0.25) is 0 Å². The van der Waals surface area contributed by atoms with E-state index in [1.807, 2.05) is 0 Å². The van der Waals surface area contributed by atoms with Crippen LogP contribution in [0.25, 0.3) is 0 Å². The van der Waals surface area contributed by atoms with Gasteiger partial charge in [0.05, 0.1) is 17.5 Å². The van der Waals surface area contributed by atoms with Crippen molar-refractivity contribution in [2.45, 2.75) is 25.7 Å². The van der Waals surface area contributed by atoms with Crippen molar-refractivity contribution < 1.29 is 9.59 Å². The molecule has 4 nitrogen and oxygen atoms in total. The summed E-state index contributed by atoms with van der Waals surface area (Å²) in [6.07, 6.45) is 3.61. The number of fused-ring (bicyclic) bond motifs is 1. The van der Waals surface area contributed by atoms with Gasteiger partial charge in [0.2, 0.25) is 11.8 Å². The van der Waals surface area contributed by atoms with Crippen molar-refractivity contribution in [1.29, 1.82) is 0 Å². The van der Waals surface area contributed by atoms with E-state index in [-0.39, 0.29) is 28.6 Å². The lowest BCUT2D eigenvalue weighted by atomic mass is 9.81. The summed E-state index contributed by atoms with van der Waals surface area (Å²) in [5.74, 6) is -0.558. The lowest BCUT2D eigenvalue weighted by Crippen LogP contribution is -2.32. The lowest BCUT2D eigenvalue weighted by molar-refractivity contribution is -0.122. The van der Waals surface area contributed by atoms with Gasteiger partial charge in [0.25, 0.3) is 0 Å². The highest BCUT2D eigenvalue weighted by Crippen LogP contribution is 2.41. The van der Waals surface area contributed by atoms with Gasteiger partial charge in [0, 0.05) is 10.0 Å². The Balaban J connectivity index is 2.06. The number of imide groups is 1. The Morgan fingerprint density at radius 3 is 2.29 bits per heavy atom. The maximum absolute atomic E-state index is 12.6. The molecule has 2 unspecified atom stereocenters. The summed E-state index contributed by atoms with van der Waals surface area (Å²) in [4.78, 5) is 26.7. The SMILES string of the molecule is NC(=S)c1cc(Br)ccc1N1C(=O)C2CCCCC2C1=O. The van der Waals surface area contributed by atoms with E-state index in [2.05, 4.69) is 15.9 Å². The Hall–Kier alpha value is -1.27. The van der Waals surface area contributed by atoms with Crippen LogP contribution in [-0.4, -0.2) is 16.8 Å². The predicted octanol–water partition coefficient (Wildman–Crippen LogP) is 2.76. The molecule has 2 atom stereocenters. The quantitative estimate of drug-likeness (QED) is 0.645. The highest BCUT2D eigenvalue weighted by atomic mass is 79.9. The minimum absolute atomic E-state index is 0.107. The molecule has 1 aromatic rings. The van der Waals surface area contributed by atoms with Crippen molar-refractivity contribution in [3.63, 3.8) is 0 Å². The summed E-state index contributed by atoms with van der Waals surface area (Å²) >= 11 is 8.42. The van der Waals surface area contributed by atoms with Crippen molar-refractivity contribution in [2.75, 3.05) is 4.90 Å². The number of nitrogens with zero attached hydrogens (tertiary/aromatic N) is 1. The van der Waals surface area contributed by atoms with Crippen LogP contribution in [0.5, 0.6) is 0 Å². The molecule has 1 aromatic carbocycles. The van der Waals surface area contributed by atoms with E-state index in [4.69, 9.17) is 18.0 Å². The fraction of sp³-hybridized carbons (Fsp3) is 0.400. The highest BCUT2D eigenvalue weighted by Gasteiger charge is 2.49. The zero-order chi connectivity index (χ0) is 15.1. The van der Waals surface area contributed by atoms with Gasteiger partial charge in [-0.05, 0) is 31.0 Å². The highest BCUT2D eigenvalue weighted by molar-refractivity contribution is 9.10. The van der Waals surface area contributed by atoms with Crippen LogP contribution in [-0.2, 0) is 9.59 Å². The van der Waals surface area contributed by atoms with Gasteiger partial charge in [0.1, 0.15) is 4.99 Å². The summed E-state index contributed by atoms with van der Waals surface area (Å²) in [7, 11) is 0. The fourth-order valence-electron chi connectivity index (χ4n) is 3.30. The molecule has 2 fully saturated rings. The second-order valence-electron chi connectivity index (χ2n) is 5.54. The molecule has 2 aliphatic rings. The van der Waals surface area contributed by atoms with E-state index < -0.39 is 0 Å². The van der Waals surface area contributed by atoms with Gasteiger partial charge in [-0.2, -0.15) is 0 Å². The summed E-state index contributed by atoms with van der Waals surface area (Å²) in [5.41, 5.74) is 6.81. The Labute approximate surface area is 136 Å². The third kappa shape index (κ3) is 2.40. The van der Waals surface area contributed by atoms with Gasteiger partial charge in [-0.3, -0.25) is 9.59 Å². The zero-order valence-corrected chi connectivity index (χ0v) is 13.7. The van der Waals surface area contributed by atoms with E-state index in [0.717, 1.165) is 30.2 Å². The van der Waals surface area contributed by atoms with Crippen LogP contribution in [0.4, 0.5) is 5.69 Å². The van der Waals surface area contributed by atoms with Gasteiger partial charge >= 0.3 is 0 Å². The predicted molar refractivity (Wildman–Crippen MR) is 88.0 cm³/mol. The molecule has 110 valence electrons. The average molecular weight is 367 g/mol. The molecule has 1 saturated heterocycles. The molecule has 1 heterocycles. The Morgan fingerprint density at radius 2 is 1.76 bits per heavy atom. The Bertz CT molecular complexity index is 623. The molecule has 0 aromatic heterocycles. The molecule has 0 bridgehead atoms. The molecular formula is C15H15BrN2O2S. The number of thiocarbonyl (C=S) groups is 1. The number of carbonyl (C=O) groups excluding carboxylic acids is 2. The number of amides is 2. The molecule has 21 heavy (non-hydrogen) atoms. The normalized spacial score (nSPS) is 25.1. The second-order valence-corrected chi connectivity index (χ2v) is 6.89. The number of halogens is 1. The molecule has 3 rings (SSSR count). The fourth-order valence-corrected chi connectivity index (χ4v) is 3.82. The largest absolute Gasteiger partial charge is 0.389 e. The van der Waals surface area contributed by atoms with Crippen LogP contribution >= 0.6 is 28.1 Å². The van der Waals surface area contributed by atoms with Crippen LogP contribution in [0, 0.1) is 11.8 Å². The number of benzene rings is 1. The first-order valence-corrected chi connectivity index (χ1v) is 8.18. The maximum Gasteiger partial charge on any atom is 0.237 e. The monoisotopic (exact) mass is 366 g/mol. The van der Waals surface area contributed by atoms with Crippen molar-refractivity contribution in [1.82, 2.24) is 0 Å². The van der Waals surface area contributed by atoms with Crippen molar-refractivity contribution in [3.05, 3.63) is 28.2 Å². The average Bonchev–Trinajstić information content (AvgIpc) is 2.72. The maximum atomic E-state index is 12.6. The first-order valence-electron chi connectivity index (χ1n) is 6.98. The summed E-state index contributed by atoms with van der Waals surface area (Å²) < 4.78 is 0.811. The summed E-state index contributed by atoms with van der Waals surface area (Å²) in [6.45, 7) is 0. The third-order valence-corrected chi connectivity index (χ3v) is 5.02. The topological polar surface area (TPSA) is 63.4 Å². The third-order valence-electron chi connectivity index (χ3n) is 4.31. The molecule has 2 amide bonds. The van der Waals surface area contributed by atoms with E-state index in [0.29, 0.717) is 11.3 Å². The minimum atomic E-state index is -0.172. The molecule has 1 aliphatic heterocycles. The van der Waals surface area contributed by atoms with E-state index in [9.17, 15) is 9.59 Å². The van der Waals surface area contributed by atoms with Gasteiger partial charge in [-0.25, -0.2) is 4.90 Å². The number of carbonyl (C=O) groups is 2. The number of rotatable bonds is 2. The van der Waals surface area contributed by atoms with Crippen LogP contribution in [0.15, 0.2) is 22.7 Å².